The van der Waals surface area contributed by atoms with Crippen molar-refractivity contribution in [2.24, 2.45) is 5.92 Å². The lowest BCUT2D eigenvalue weighted by atomic mass is 9.95. The molecule has 1 fully saturated rings. The van der Waals surface area contributed by atoms with Crippen molar-refractivity contribution >= 4 is 11.4 Å². The average Bonchev–Trinajstić information content (AvgIpc) is 2.58. The molecule has 4 heteroatoms. The van der Waals surface area contributed by atoms with Gasteiger partial charge in [0.05, 0.1) is 5.69 Å². The van der Waals surface area contributed by atoms with Crippen LogP contribution in [0, 0.1) is 5.92 Å². The lowest BCUT2D eigenvalue weighted by molar-refractivity contribution is 0.363. The molecule has 4 nitrogen and oxygen atoms in total. The maximum absolute atomic E-state index is 5.73. The molecular formula is C19H34N4. The molecule has 1 saturated carbocycles. The van der Waals surface area contributed by atoms with Crippen LogP contribution in [0.2, 0.25) is 0 Å². The molecule has 0 saturated heterocycles. The SMILES string of the molecule is CC(CCCNC1CCCCC1)CNN(C)c1ccc(N)cc1. The lowest BCUT2D eigenvalue weighted by Gasteiger charge is -2.24. The first-order valence-corrected chi connectivity index (χ1v) is 9.21. The fraction of sp³-hybridized carbons (Fsp3) is 0.684. The molecule has 0 aliphatic heterocycles. The zero-order valence-corrected chi connectivity index (χ0v) is 14.9. The van der Waals surface area contributed by atoms with E-state index >= 15 is 0 Å². The summed E-state index contributed by atoms with van der Waals surface area (Å²) >= 11 is 0. The largest absolute Gasteiger partial charge is 0.399 e. The zero-order chi connectivity index (χ0) is 16.5. The van der Waals surface area contributed by atoms with Gasteiger partial charge in [-0.15, -0.1) is 0 Å². The van der Waals surface area contributed by atoms with E-state index in [9.17, 15) is 0 Å². The molecule has 1 atom stereocenters. The van der Waals surface area contributed by atoms with Crippen molar-refractivity contribution in [2.45, 2.75) is 57.9 Å². The van der Waals surface area contributed by atoms with Gasteiger partial charge in [-0.1, -0.05) is 26.2 Å². The van der Waals surface area contributed by atoms with E-state index in [0.717, 1.165) is 24.0 Å². The summed E-state index contributed by atoms with van der Waals surface area (Å²) in [5.41, 5.74) is 11.2. The van der Waals surface area contributed by atoms with E-state index in [2.05, 4.69) is 29.7 Å². The Morgan fingerprint density at radius 2 is 1.87 bits per heavy atom. The van der Waals surface area contributed by atoms with Gasteiger partial charge in [0.2, 0.25) is 0 Å². The highest BCUT2D eigenvalue weighted by molar-refractivity contribution is 5.51. The first kappa shape index (κ1) is 18.1. The summed E-state index contributed by atoms with van der Waals surface area (Å²) in [6, 6.07) is 8.75. The Morgan fingerprint density at radius 3 is 2.57 bits per heavy atom. The van der Waals surface area contributed by atoms with Crippen LogP contribution in [0.25, 0.3) is 0 Å². The summed E-state index contributed by atoms with van der Waals surface area (Å²) in [7, 11) is 2.06. The van der Waals surface area contributed by atoms with Gasteiger partial charge in [-0.25, -0.2) is 5.43 Å². The van der Waals surface area contributed by atoms with E-state index in [-0.39, 0.29) is 0 Å². The van der Waals surface area contributed by atoms with Crippen molar-refractivity contribution in [3.63, 3.8) is 0 Å². The maximum atomic E-state index is 5.73. The second-order valence-corrected chi connectivity index (χ2v) is 7.05. The van der Waals surface area contributed by atoms with Gasteiger partial charge >= 0.3 is 0 Å². The van der Waals surface area contributed by atoms with E-state index in [4.69, 9.17) is 5.73 Å². The van der Waals surface area contributed by atoms with Crippen molar-refractivity contribution in [3.05, 3.63) is 24.3 Å². The van der Waals surface area contributed by atoms with Crippen molar-refractivity contribution in [3.8, 4) is 0 Å². The fourth-order valence-corrected chi connectivity index (χ4v) is 3.25. The Morgan fingerprint density at radius 1 is 1.17 bits per heavy atom. The van der Waals surface area contributed by atoms with Gasteiger partial charge in [0, 0.05) is 25.3 Å². The predicted molar refractivity (Wildman–Crippen MR) is 101 cm³/mol. The molecule has 1 aromatic rings. The van der Waals surface area contributed by atoms with Gasteiger partial charge < -0.3 is 16.1 Å². The smallest absolute Gasteiger partial charge is 0.0517 e. The maximum Gasteiger partial charge on any atom is 0.0517 e. The first-order chi connectivity index (χ1) is 11.1. The van der Waals surface area contributed by atoms with Gasteiger partial charge in [0.15, 0.2) is 0 Å². The van der Waals surface area contributed by atoms with Gasteiger partial charge in [-0.05, 0) is 62.4 Å². The molecular weight excluding hydrogens is 284 g/mol. The Hall–Kier alpha value is -1.26. The third-order valence-corrected chi connectivity index (χ3v) is 4.87. The van der Waals surface area contributed by atoms with Crippen LogP contribution >= 0.6 is 0 Å². The Labute approximate surface area is 141 Å². The molecule has 0 amide bonds. The number of benzene rings is 1. The highest BCUT2D eigenvalue weighted by atomic mass is 15.5. The minimum Gasteiger partial charge on any atom is -0.399 e. The van der Waals surface area contributed by atoms with Crippen LogP contribution in [0.4, 0.5) is 11.4 Å². The summed E-state index contributed by atoms with van der Waals surface area (Å²) in [5.74, 6) is 0.680. The monoisotopic (exact) mass is 318 g/mol. The minimum absolute atomic E-state index is 0.680. The number of hydrogen-bond donors (Lipinski definition) is 3. The molecule has 1 aliphatic rings. The molecule has 0 spiro atoms. The van der Waals surface area contributed by atoms with E-state index in [1.54, 1.807) is 0 Å². The summed E-state index contributed by atoms with van der Waals surface area (Å²) < 4.78 is 0. The molecule has 1 unspecified atom stereocenters. The van der Waals surface area contributed by atoms with E-state index in [0.29, 0.717) is 5.92 Å². The van der Waals surface area contributed by atoms with Crippen LogP contribution in [-0.4, -0.2) is 26.2 Å². The molecule has 0 aromatic heterocycles. The third kappa shape index (κ3) is 6.80. The number of nitrogens with one attached hydrogen (secondary N) is 2. The normalized spacial score (nSPS) is 17.1. The van der Waals surface area contributed by atoms with Crippen LogP contribution in [-0.2, 0) is 0 Å². The summed E-state index contributed by atoms with van der Waals surface area (Å²) in [5, 5.41) is 5.81. The Kier molecular flexibility index (Phi) is 7.69. The molecule has 130 valence electrons. The van der Waals surface area contributed by atoms with E-state index in [1.807, 2.05) is 24.3 Å². The topological polar surface area (TPSA) is 53.3 Å². The summed E-state index contributed by atoms with van der Waals surface area (Å²) in [4.78, 5) is 0. The summed E-state index contributed by atoms with van der Waals surface area (Å²) in [6.45, 7) is 4.50. The average molecular weight is 319 g/mol. The number of hydrogen-bond acceptors (Lipinski definition) is 4. The quantitative estimate of drug-likeness (QED) is 0.370. The lowest BCUT2D eigenvalue weighted by Crippen LogP contribution is -2.37. The predicted octanol–water partition coefficient (Wildman–Crippen LogP) is 3.55. The number of rotatable bonds is 9. The molecule has 0 bridgehead atoms. The number of hydrazine groups is 1. The number of nitrogens with two attached hydrogens (primary N) is 1. The van der Waals surface area contributed by atoms with Crippen molar-refractivity contribution in [2.75, 3.05) is 30.9 Å². The van der Waals surface area contributed by atoms with Crippen LogP contribution < -0.4 is 21.5 Å². The zero-order valence-electron chi connectivity index (χ0n) is 14.9. The van der Waals surface area contributed by atoms with Crippen LogP contribution in [0.1, 0.15) is 51.9 Å². The van der Waals surface area contributed by atoms with E-state index < -0.39 is 0 Å². The van der Waals surface area contributed by atoms with Crippen molar-refractivity contribution in [1.82, 2.24) is 10.7 Å². The van der Waals surface area contributed by atoms with Gasteiger partial charge in [-0.2, -0.15) is 0 Å². The number of nitrogen functional groups attached to an aromatic ring is 1. The molecule has 23 heavy (non-hydrogen) atoms. The highest BCUT2D eigenvalue weighted by Gasteiger charge is 2.12. The molecule has 4 N–H and O–H groups in total. The second kappa shape index (κ2) is 9.78. The molecule has 1 aromatic carbocycles. The Balaban J connectivity index is 1.55. The molecule has 1 aliphatic carbocycles. The number of nitrogens with zero attached hydrogens (tertiary/aromatic N) is 1. The first-order valence-electron chi connectivity index (χ1n) is 9.21. The van der Waals surface area contributed by atoms with Crippen LogP contribution in [0.5, 0.6) is 0 Å². The van der Waals surface area contributed by atoms with Crippen molar-refractivity contribution < 1.29 is 0 Å². The molecule has 0 radical (unpaired) electrons. The van der Waals surface area contributed by atoms with Gasteiger partial charge in [-0.3, -0.25) is 0 Å². The standard InChI is InChI=1S/C19H34N4/c1-16(7-6-14-21-18-8-4-3-5-9-18)15-22-23(2)19-12-10-17(20)11-13-19/h10-13,16,18,21-22H,3-9,14-15,20H2,1-2H3. The van der Waals surface area contributed by atoms with Crippen LogP contribution in [0.15, 0.2) is 24.3 Å². The van der Waals surface area contributed by atoms with Gasteiger partial charge in [0.1, 0.15) is 0 Å². The highest BCUT2D eigenvalue weighted by Crippen LogP contribution is 2.17. The third-order valence-electron chi connectivity index (χ3n) is 4.87. The fourth-order valence-electron chi connectivity index (χ4n) is 3.25. The molecule has 0 heterocycles. The second-order valence-electron chi connectivity index (χ2n) is 7.05. The minimum atomic E-state index is 0.680. The van der Waals surface area contributed by atoms with Gasteiger partial charge in [0.25, 0.3) is 0 Å². The summed E-state index contributed by atoms with van der Waals surface area (Å²) in [6.07, 6.45) is 9.55. The number of anilines is 2. The Bertz CT molecular complexity index is 426. The van der Waals surface area contributed by atoms with E-state index in [1.165, 1.54) is 51.5 Å². The molecule has 2 rings (SSSR count). The van der Waals surface area contributed by atoms with Crippen molar-refractivity contribution in [1.29, 1.82) is 0 Å². The van der Waals surface area contributed by atoms with Crippen LogP contribution in [0.3, 0.4) is 0 Å².